The predicted molar refractivity (Wildman–Crippen MR) is 105 cm³/mol. The zero-order chi connectivity index (χ0) is 19.4. The third-order valence-corrected chi connectivity index (χ3v) is 6.33. The molecule has 140 valence electrons. The number of benzene rings is 1. The normalized spacial score (nSPS) is 11.2. The van der Waals surface area contributed by atoms with Crippen molar-refractivity contribution in [1.29, 1.82) is 0 Å². The van der Waals surface area contributed by atoms with E-state index in [1.165, 1.54) is 24.3 Å². The molecule has 1 aromatic carbocycles. The van der Waals surface area contributed by atoms with Crippen LogP contribution in [0.3, 0.4) is 0 Å². The van der Waals surface area contributed by atoms with Crippen LogP contribution in [0.5, 0.6) is 0 Å². The Kier molecular flexibility index (Phi) is 5.73. The van der Waals surface area contributed by atoms with Crippen molar-refractivity contribution >= 4 is 44.0 Å². The number of sulfonamides is 1. The molecule has 10 heteroatoms. The number of pyridine rings is 1. The molecule has 2 aromatic heterocycles. The van der Waals surface area contributed by atoms with E-state index in [9.17, 15) is 13.2 Å². The number of nitrogens with one attached hydrogen (secondary N) is 2. The Morgan fingerprint density at radius 2 is 1.96 bits per heavy atom. The Hall–Kier alpha value is -2.49. The van der Waals surface area contributed by atoms with Crippen molar-refractivity contribution in [1.82, 2.24) is 15.3 Å². The molecule has 3 rings (SSSR count). The van der Waals surface area contributed by atoms with Crippen LogP contribution in [0.25, 0.3) is 0 Å². The molecule has 0 radical (unpaired) electrons. The maximum atomic E-state index is 12.4. The lowest BCUT2D eigenvalue weighted by Gasteiger charge is -2.05. The lowest BCUT2D eigenvalue weighted by molar-refractivity contribution is 0.0954. The third-order valence-electron chi connectivity index (χ3n) is 3.52. The lowest BCUT2D eigenvalue weighted by atomic mass is 10.3. The highest BCUT2D eigenvalue weighted by atomic mass is 35.5. The maximum Gasteiger partial charge on any atom is 0.263 e. The number of thiazole rings is 1. The van der Waals surface area contributed by atoms with Gasteiger partial charge in [0, 0.05) is 24.0 Å². The molecule has 0 aliphatic carbocycles. The first kappa shape index (κ1) is 19.3. The van der Waals surface area contributed by atoms with Crippen LogP contribution in [-0.2, 0) is 16.6 Å². The summed E-state index contributed by atoms with van der Waals surface area (Å²) < 4.78 is 27.2. The van der Waals surface area contributed by atoms with Crippen molar-refractivity contribution in [2.45, 2.75) is 18.4 Å². The first-order chi connectivity index (χ1) is 12.8. The highest BCUT2D eigenvalue weighted by Gasteiger charge is 2.20. The van der Waals surface area contributed by atoms with Gasteiger partial charge in [0.25, 0.3) is 15.9 Å². The molecular weight excluding hydrogens is 408 g/mol. The minimum Gasteiger partial charge on any atom is -0.347 e. The van der Waals surface area contributed by atoms with E-state index in [2.05, 4.69) is 20.0 Å². The molecular formula is C17H15ClN4O3S2. The summed E-state index contributed by atoms with van der Waals surface area (Å²) in [5, 5.41) is 3.33. The quantitative estimate of drug-likeness (QED) is 0.635. The molecule has 0 spiro atoms. The molecule has 0 bridgehead atoms. The molecule has 0 aliphatic heterocycles. The number of anilines is 1. The zero-order valence-corrected chi connectivity index (χ0v) is 16.5. The van der Waals surface area contributed by atoms with Gasteiger partial charge in [-0.1, -0.05) is 29.0 Å². The molecule has 0 unspecified atom stereocenters. The van der Waals surface area contributed by atoms with Gasteiger partial charge in [-0.3, -0.25) is 14.5 Å². The number of halogens is 1. The Morgan fingerprint density at radius 1 is 1.22 bits per heavy atom. The van der Waals surface area contributed by atoms with Gasteiger partial charge in [0.2, 0.25) is 0 Å². The van der Waals surface area contributed by atoms with Gasteiger partial charge in [-0.2, -0.15) is 0 Å². The van der Waals surface area contributed by atoms with E-state index in [-0.39, 0.29) is 15.9 Å². The average molecular weight is 423 g/mol. The standard InChI is InChI=1S/C17H15ClN4O3S2/c1-11-15(16(23)20-10-12-3-2-8-19-9-12)26-17(21-11)22-27(24,25)14-6-4-13(18)5-7-14/h2-9H,10H2,1H3,(H,20,23)(H,21,22). The van der Waals surface area contributed by atoms with E-state index < -0.39 is 10.0 Å². The van der Waals surface area contributed by atoms with Crippen molar-refractivity contribution in [3.63, 3.8) is 0 Å². The fraction of sp³-hybridized carbons (Fsp3) is 0.118. The number of aryl methyl sites for hydroxylation is 1. The van der Waals surface area contributed by atoms with E-state index in [1.54, 1.807) is 25.4 Å². The van der Waals surface area contributed by atoms with Crippen LogP contribution in [-0.4, -0.2) is 24.3 Å². The largest absolute Gasteiger partial charge is 0.347 e. The van der Waals surface area contributed by atoms with E-state index in [4.69, 9.17) is 11.6 Å². The Morgan fingerprint density at radius 3 is 2.63 bits per heavy atom. The molecule has 0 saturated heterocycles. The number of amides is 1. The Bertz CT molecular complexity index is 1050. The van der Waals surface area contributed by atoms with Crippen LogP contribution in [0.4, 0.5) is 5.13 Å². The second-order valence-corrected chi connectivity index (χ2v) is 8.65. The topological polar surface area (TPSA) is 101 Å². The number of hydrogen-bond donors (Lipinski definition) is 2. The Balaban J connectivity index is 1.72. The maximum absolute atomic E-state index is 12.4. The molecule has 0 saturated carbocycles. The van der Waals surface area contributed by atoms with Gasteiger partial charge in [0.05, 0.1) is 10.6 Å². The summed E-state index contributed by atoms with van der Waals surface area (Å²) in [4.78, 5) is 20.9. The fourth-order valence-electron chi connectivity index (χ4n) is 2.20. The fourth-order valence-corrected chi connectivity index (χ4v) is 4.45. The second-order valence-electron chi connectivity index (χ2n) is 5.54. The molecule has 3 aromatic rings. The van der Waals surface area contributed by atoms with Gasteiger partial charge in [-0.15, -0.1) is 0 Å². The number of carbonyl (C=O) groups excluding carboxylic acids is 1. The molecule has 27 heavy (non-hydrogen) atoms. The molecule has 2 N–H and O–H groups in total. The zero-order valence-electron chi connectivity index (χ0n) is 14.1. The van der Waals surface area contributed by atoms with Crippen LogP contribution < -0.4 is 10.0 Å². The van der Waals surface area contributed by atoms with E-state index in [0.29, 0.717) is 22.1 Å². The van der Waals surface area contributed by atoms with Crippen molar-refractivity contribution in [3.05, 3.63) is 69.9 Å². The molecule has 0 fully saturated rings. The number of carbonyl (C=O) groups is 1. The first-order valence-corrected chi connectivity index (χ1v) is 10.5. The summed E-state index contributed by atoms with van der Waals surface area (Å²) in [7, 11) is -3.82. The van der Waals surface area contributed by atoms with Crippen LogP contribution in [0.15, 0.2) is 53.7 Å². The van der Waals surface area contributed by atoms with Crippen molar-refractivity contribution in [2.75, 3.05) is 4.72 Å². The van der Waals surface area contributed by atoms with E-state index in [1.807, 2.05) is 6.07 Å². The predicted octanol–water partition coefficient (Wildman–Crippen LogP) is 3.23. The molecule has 1 amide bonds. The van der Waals surface area contributed by atoms with Crippen molar-refractivity contribution < 1.29 is 13.2 Å². The summed E-state index contributed by atoms with van der Waals surface area (Å²) in [6, 6.07) is 9.39. The summed E-state index contributed by atoms with van der Waals surface area (Å²) in [5.41, 5.74) is 1.30. The van der Waals surface area contributed by atoms with Gasteiger partial charge in [-0.25, -0.2) is 13.4 Å². The SMILES string of the molecule is Cc1nc(NS(=O)(=O)c2ccc(Cl)cc2)sc1C(=O)NCc1cccnc1. The van der Waals surface area contributed by atoms with Crippen LogP contribution in [0.2, 0.25) is 5.02 Å². The first-order valence-electron chi connectivity index (χ1n) is 7.78. The highest BCUT2D eigenvalue weighted by molar-refractivity contribution is 7.93. The number of nitrogens with zero attached hydrogens (tertiary/aromatic N) is 2. The highest BCUT2D eigenvalue weighted by Crippen LogP contribution is 2.25. The van der Waals surface area contributed by atoms with Gasteiger partial charge < -0.3 is 5.32 Å². The van der Waals surface area contributed by atoms with Crippen molar-refractivity contribution in [3.8, 4) is 0 Å². The lowest BCUT2D eigenvalue weighted by Crippen LogP contribution is -2.22. The van der Waals surface area contributed by atoms with E-state index >= 15 is 0 Å². The van der Waals surface area contributed by atoms with E-state index in [0.717, 1.165) is 16.9 Å². The Labute approximate surface area is 165 Å². The summed E-state index contributed by atoms with van der Waals surface area (Å²) >= 11 is 6.75. The molecule has 0 atom stereocenters. The molecule has 2 heterocycles. The van der Waals surface area contributed by atoms with Gasteiger partial charge >= 0.3 is 0 Å². The van der Waals surface area contributed by atoms with Gasteiger partial charge in [0.15, 0.2) is 5.13 Å². The van der Waals surface area contributed by atoms with Gasteiger partial charge in [0.1, 0.15) is 4.88 Å². The third kappa shape index (κ3) is 4.82. The van der Waals surface area contributed by atoms with Crippen molar-refractivity contribution in [2.24, 2.45) is 0 Å². The minimum atomic E-state index is -3.82. The smallest absolute Gasteiger partial charge is 0.263 e. The van der Waals surface area contributed by atoms with Crippen LogP contribution >= 0.6 is 22.9 Å². The number of rotatable bonds is 6. The average Bonchev–Trinajstić information content (AvgIpc) is 3.00. The molecule has 0 aliphatic rings. The monoisotopic (exact) mass is 422 g/mol. The summed E-state index contributed by atoms with van der Waals surface area (Å²) in [6.45, 7) is 1.96. The second kappa shape index (κ2) is 8.03. The molecule has 7 nitrogen and oxygen atoms in total. The number of aromatic nitrogens is 2. The summed E-state index contributed by atoms with van der Waals surface area (Å²) in [5.74, 6) is -0.328. The number of hydrogen-bond acceptors (Lipinski definition) is 6. The van der Waals surface area contributed by atoms with Crippen LogP contribution in [0, 0.1) is 6.92 Å². The van der Waals surface area contributed by atoms with Gasteiger partial charge in [-0.05, 0) is 42.8 Å². The minimum absolute atomic E-state index is 0.0577. The van der Waals surface area contributed by atoms with Crippen LogP contribution in [0.1, 0.15) is 20.9 Å². The summed E-state index contributed by atoms with van der Waals surface area (Å²) in [6.07, 6.45) is 3.31.